The quantitative estimate of drug-likeness (QED) is 0.901. The van der Waals surface area contributed by atoms with E-state index < -0.39 is 0 Å². The fourth-order valence-corrected chi connectivity index (χ4v) is 2.21. The maximum absolute atomic E-state index is 12.1. The van der Waals surface area contributed by atoms with Crippen molar-refractivity contribution in [2.24, 2.45) is 0 Å². The van der Waals surface area contributed by atoms with Crippen LogP contribution in [0.5, 0.6) is 0 Å². The fraction of sp³-hybridized carbons (Fsp3) is 0.176. The molecule has 22 heavy (non-hydrogen) atoms. The highest BCUT2D eigenvalue weighted by molar-refractivity contribution is 6.31. The maximum Gasteiger partial charge on any atom is 0.228 e. The third kappa shape index (κ3) is 4.33. The molecule has 0 heterocycles. The maximum atomic E-state index is 12.1. The van der Waals surface area contributed by atoms with E-state index in [0.717, 1.165) is 11.1 Å². The van der Waals surface area contributed by atoms with Crippen LogP contribution < -0.4 is 10.6 Å². The Morgan fingerprint density at radius 1 is 1.05 bits per heavy atom. The summed E-state index contributed by atoms with van der Waals surface area (Å²) in [5.41, 5.74) is 3.14. The number of halogens is 1. The molecule has 2 N–H and O–H groups in total. The average molecular weight is 317 g/mol. The second-order valence-corrected chi connectivity index (χ2v) is 5.42. The van der Waals surface area contributed by atoms with Crippen LogP contribution >= 0.6 is 11.6 Å². The SMILES string of the molecule is CC(=O)Nc1ccc(CC(=O)Nc2cccc(Cl)c2C)cc1. The van der Waals surface area contributed by atoms with E-state index in [-0.39, 0.29) is 18.2 Å². The van der Waals surface area contributed by atoms with Gasteiger partial charge in [-0.3, -0.25) is 9.59 Å². The summed E-state index contributed by atoms with van der Waals surface area (Å²) >= 11 is 6.03. The van der Waals surface area contributed by atoms with E-state index in [0.29, 0.717) is 16.4 Å². The van der Waals surface area contributed by atoms with E-state index in [1.807, 2.05) is 25.1 Å². The van der Waals surface area contributed by atoms with Gasteiger partial charge in [-0.1, -0.05) is 29.8 Å². The molecule has 0 fully saturated rings. The summed E-state index contributed by atoms with van der Waals surface area (Å²) in [5, 5.41) is 6.16. The number of rotatable bonds is 4. The molecule has 0 aromatic heterocycles. The summed E-state index contributed by atoms with van der Waals surface area (Å²) in [4.78, 5) is 23.0. The van der Waals surface area contributed by atoms with Crippen molar-refractivity contribution in [3.8, 4) is 0 Å². The Balaban J connectivity index is 2.00. The molecule has 0 bridgehead atoms. The van der Waals surface area contributed by atoms with Crippen LogP contribution in [-0.2, 0) is 16.0 Å². The van der Waals surface area contributed by atoms with Gasteiger partial charge in [0.2, 0.25) is 11.8 Å². The summed E-state index contributed by atoms with van der Waals surface area (Å²) in [6.07, 6.45) is 0.256. The Bertz CT molecular complexity index is 696. The minimum atomic E-state index is -0.123. The molecule has 2 rings (SSSR count). The van der Waals surface area contributed by atoms with E-state index in [1.54, 1.807) is 24.3 Å². The van der Waals surface area contributed by atoms with Crippen molar-refractivity contribution in [3.63, 3.8) is 0 Å². The molecule has 0 aliphatic carbocycles. The van der Waals surface area contributed by atoms with Crippen molar-refractivity contribution >= 4 is 34.8 Å². The number of benzene rings is 2. The zero-order valence-corrected chi connectivity index (χ0v) is 13.2. The Labute approximate surface area is 134 Å². The molecule has 0 atom stereocenters. The predicted octanol–water partition coefficient (Wildman–Crippen LogP) is 3.79. The summed E-state index contributed by atoms with van der Waals surface area (Å²) in [6.45, 7) is 3.31. The standard InChI is InChI=1S/C17H17ClN2O2/c1-11-15(18)4-3-5-16(11)20-17(22)10-13-6-8-14(9-7-13)19-12(2)21/h3-9H,10H2,1-2H3,(H,19,21)(H,20,22). The summed E-state index contributed by atoms with van der Waals surface area (Å²) < 4.78 is 0. The lowest BCUT2D eigenvalue weighted by Crippen LogP contribution is -2.15. The Morgan fingerprint density at radius 2 is 1.73 bits per heavy atom. The number of anilines is 2. The third-order valence-electron chi connectivity index (χ3n) is 3.18. The van der Waals surface area contributed by atoms with E-state index in [2.05, 4.69) is 10.6 Å². The van der Waals surface area contributed by atoms with Gasteiger partial charge < -0.3 is 10.6 Å². The van der Waals surface area contributed by atoms with Gasteiger partial charge >= 0.3 is 0 Å². The second-order valence-electron chi connectivity index (χ2n) is 5.02. The first kappa shape index (κ1) is 16.0. The molecule has 5 heteroatoms. The van der Waals surface area contributed by atoms with Crippen molar-refractivity contribution in [3.05, 3.63) is 58.6 Å². The monoisotopic (exact) mass is 316 g/mol. The molecule has 0 saturated carbocycles. The van der Waals surface area contributed by atoms with Crippen LogP contribution in [0.2, 0.25) is 5.02 Å². The highest BCUT2D eigenvalue weighted by atomic mass is 35.5. The van der Waals surface area contributed by atoms with Gasteiger partial charge in [-0.25, -0.2) is 0 Å². The zero-order chi connectivity index (χ0) is 16.1. The summed E-state index contributed by atoms with van der Waals surface area (Å²) in [5.74, 6) is -0.237. The molecular formula is C17H17ClN2O2. The van der Waals surface area contributed by atoms with Gasteiger partial charge in [0.05, 0.1) is 6.42 Å². The van der Waals surface area contributed by atoms with Crippen LogP contribution in [0.15, 0.2) is 42.5 Å². The number of carbonyl (C=O) groups is 2. The molecule has 0 unspecified atom stereocenters. The van der Waals surface area contributed by atoms with Crippen molar-refractivity contribution < 1.29 is 9.59 Å². The van der Waals surface area contributed by atoms with E-state index in [9.17, 15) is 9.59 Å². The molecule has 0 aliphatic rings. The minimum Gasteiger partial charge on any atom is -0.326 e. The number of carbonyl (C=O) groups excluding carboxylic acids is 2. The first-order chi connectivity index (χ1) is 10.5. The molecule has 2 aromatic rings. The number of hydrogen-bond acceptors (Lipinski definition) is 2. The number of hydrogen-bond donors (Lipinski definition) is 2. The number of amides is 2. The molecule has 2 amide bonds. The normalized spacial score (nSPS) is 10.1. The Hall–Kier alpha value is -2.33. The molecule has 114 valence electrons. The number of nitrogens with one attached hydrogen (secondary N) is 2. The van der Waals surface area contributed by atoms with Gasteiger partial charge in [-0.05, 0) is 42.3 Å². The third-order valence-corrected chi connectivity index (χ3v) is 3.59. The van der Waals surface area contributed by atoms with Gasteiger partial charge in [0, 0.05) is 23.3 Å². The molecule has 4 nitrogen and oxygen atoms in total. The van der Waals surface area contributed by atoms with Gasteiger partial charge in [0.15, 0.2) is 0 Å². The van der Waals surface area contributed by atoms with Gasteiger partial charge in [-0.15, -0.1) is 0 Å². The van der Waals surface area contributed by atoms with Gasteiger partial charge in [0.1, 0.15) is 0 Å². The lowest BCUT2D eigenvalue weighted by Gasteiger charge is -2.10. The highest BCUT2D eigenvalue weighted by Crippen LogP contribution is 2.23. The van der Waals surface area contributed by atoms with Crippen LogP contribution in [0.1, 0.15) is 18.1 Å². The van der Waals surface area contributed by atoms with Crippen molar-refractivity contribution in [2.45, 2.75) is 20.3 Å². The van der Waals surface area contributed by atoms with E-state index >= 15 is 0 Å². The fourth-order valence-electron chi connectivity index (χ4n) is 2.03. The molecule has 0 aliphatic heterocycles. The van der Waals surface area contributed by atoms with Gasteiger partial charge in [0.25, 0.3) is 0 Å². The topological polar surface area (TPSA) is 58.2 Å². The summed E-state index contributed by atoms with van der Waals surface area (Å²) in [7, 11) is 0. The van der Waals surface area contributed by atoms with Crippen molar-refractivity contribution in [1.82, 2.24) is 0 Å². The lowest BCUT2D eigenvalue weighted by atomic mass is 10.1. The summed E-state index contributed by atoms with van der Waals surface area (Å²) in [6, 6.07) is 12.6. The molecular weight excluding hydrogens is 300 g/mol. The molecule has 0 radical (unpaired) electrons. The van der Waals surface area contributed by atoms with Crippen LogP contribution in [0.25, 0.3) is 0 Å². The molecule has 0 spiro atoms. The van der Waals surface area contributed by atoms with Crippen LogP contribution in [0, 0.1) is 6.92 Å². The van der Waals surface area contributed by atoms with Crippen molar-refractivity contribution in [1.29, 1.82) is 0 Å². The first-order valence-corrected chi connectivity index (χ1v) is 7.25. The largest absolute Gasteiger partial charge is 0.326 e. The Kier molecular flexibility index (Phi) is 5.17. The van der Waals surface area contributed by atoms with Crippen LogP contribution in [0.3, 0.4) is 0 Å². The van der Waals surface area contributed by atoms with Crippen molar-refractivity contribution in [2.75, 3.05) is 10.6 Å². The zero-order valence-electron chi connectivity index (χ0n) is 12.4. The smallest absolute Gasteiger partial charge is 0.228 e. The van der Waals surface area contributed by atoms with Crippen LogP contribution in [-0.4, -0.2) is 11.8 Å². The molecule has 2 aromatic carbocycles. The lowest BCUT2D eigenvalue weighted by molar-refractivity contribution is -0.116. The predicted molar refractivity (Wildman–Crippen MR) is 89.3 cm³/mol. The second kappa shape index (κ2) is 7.09. The average Bonchev–Trinajstić information content (AvgIpc) is 2.45. The first-order valence-electron chi connectivity index (χ1n) is 6.87. The van der Waals surface area contributed by atoms with E-state index in [1.165, 1.54) is 6.92 Å². The minimum absolute atomic E-state index is 0.113. The Morgan fingerprint density at radius 3 is 2.36 bits per heavy atom. The van der Waals surface area contributed by atoms with E-state index in [4.69, 9.17) is 11.6 Å². The van der Waals surface area contributed by atoms with Gasteiger partial charge in [-0.2, -0.15) is 0 Å². The highest BCUT2D eigenvalue weighted by Gasteiger charge is 2.08. The molecule has 0 saturated heterocycles. The van der Waals surface area contributed by atoms with Crippen LogP contribution in [0.4, 0.5) is 11.4 Å².